The Kier molecular flexibility index (Phi) is 7.64. The van der Waals surface area contributed by atoms with E-state index in [-0.39, 0.29) is 0 Å². The summed E-state index contributed by atoms with van der Waals surface area (Å²) >= 11 is -2.99. The Morgan fingerprint density at radius 2 is 1.58 bits per heavy atom. The van der Waals surface area contributed by atoms with Crippen LogP contribution in [0.4, 0.5) is 0 Å². The first-order chi connectivity index (χ1) is 11.4. The van der Waals surface area contributed by atoms with Crippen LogP contribution in [0.1, 0.15) is 6.42 Å². The number of fused-ring (bicyclic) bond motifs is 1. The van der Waals surface area contributed by atoms with Crippen LogP contribution in [-0.2, 0) is 14.4 Å². The van der Waals surface area contributed by atoms with Gasteiger partial charge < -0.3 is 10.2 Å². The van der Waals surface area contributed by atoms with Gasteiger partial charge >= 0.3 is 123 Å². The van der Waals surface area contributed by atoms with Crippen molar-refractivity contribution in [1.29, 1.82) is 0 Å². The van der Waals surface area contributed by atoms with E-state index in [9.17, 15) is 0 Å². The van der Waals surface area contributed by atoms with Gasteiger partial charge in [0.1, 0.15) is 0 Å². The number of aliphatic hydroxyl groups excluding tert-OH is 2. The van der Waals surface area contributed by atoms with Crippen LogP contribution >= 0.6 is 0 Å². The quantitative estimate of drug-likeness (QED) is 0.801. The molecule has 24 heavy (non-hydrogen) atoms. The van der Waals surface area contributed by atoms with Crippen molar-refractivity contribution >= 4 is 18.4 Å². The first kappa shape index (κ1) is 20.9. The number of allylic oxidation sites excluding steroid dienone is 4. The molecule has 0 saturated heterocycles. The van der Waals surface area contributed by atoms with E-state index in [1.165, 1.54) is 14.7 Å². The van der Waals surface area contributed by atoms with Gasteiger partial charge in [0.2, 0.25) is 0 Å². The van der Waals surface area contributed by atoms with Crippen molar-refractivity contribution in [2.75, 3.05) is 14.2 Å². The monoisotopic (exact) mass is 380 g/mol. The van der Waals surface area contributed by atoms with Gasteiger partial charge in [-0.25, -0.2) is 0 Å². The molecule has 130 valence electrons. The molecule has 3 rings (SSSR count). The average molecular weight is 380 g/mol. The summed E-state index contributed by atoms with van der Waals surface area (Å²) in [5.74, 6) is 1.01. The Labute approximate surface area is 147 Å². The van der Waals surface area contributed by atoms with Crippen molar-refractivity contribution in [2.45, 2.75) is 16.9 Å². The Morgan fingerprint density at radius 3 is 2.17 bits per heavy atom. The van der Waals surface area contributed by atoms with Gasteiger partial charge in [-0.3, -0.25) is 0 Å². The van der Waals surface area contributed by atoms with Gasteiger partial charge in [0, 0.05) is 14.2 Å². The van der Waals surface area contributed by atoms with E-state index in [2.05, 4.69) is 78.8 Å². The van der Waals surface area contributed by atoms with E-state index in [4.69, 9.17) is 13.5 Å². The summed E-state index contributed by atoms with van der Waals surface area (Å²) < 4.78 is 8.08. The molecule has 0 amide bonds. The van der Waals surface area contributed by atoms with Crippen LogP contribution in [0.5, 0.6) is 5.75 Å². The zero-order valence-electron chi connectivity index (χ0n) is 15.0. The fraction of sp³-hybridized carbons (Fsp3) is 0.263. The molecule has 0 aliphatic heterocycles. The standard InChI is InChI=1S/C10H8O.C5H5.2CH4O.2CH3.H2Si.Ti/c11-10-6-5-8-3-1-2-4-9(8)7-10;1-2-4-5-3-1;2*1-2;;;;/h1-7,11H;1-3H,4H2;2*2H,1H3;2*1H3;1H2;/q;;;;;;;+1/p-1. The van der Waals surface area contributed by atoms with Gasteiger partial charge in [-0.05, 0) is 0 Å². The molecule has 2 aromatic rings. The van der Waals surface area contributed by atoms with Crippen molar-refractivity contribution in [2.24, 2.45) is 0 Å². The van der Waals surface area contributed by atoms with Crippen LogP contribution in [0.25, 0.3) is 10.8 Å². The van der Waals surface area contributed by atoms with Gasteiger partial charge in [-0.2, -0.15) is 0 Å². The predicted molar refractivity (Wildman–Crippen MR) is 103 cm³/mol. The minimum absolute atomic E-state index is 1.00. The second-order valence-electron chi connectivity index (χ2n) is 6.47. The maximum atomic E-state index is 7.00. The molecule has 0 radical (unpaired) electrons. The number of benzene rings is 2. The Morgan fingerprint density at radius 1 is 0.958 bits per heavy atom. The van der Waals surface area contributed by atoms with Crippen molar-refractivity contribution in [3.63, 3.8) is 0 Å². The summed E-state index contributed by atoms with van der Waals surface area (Å²) in [5.41, 5.74) is 0. The van der Waals surface area contributed by atoms with Crippen LogP contribution < -0.4 is 3.32 Å². The summed E-state index contributed by atoms with van der Waals surface area (Å²) in [6.45, 7) is 0. The Bertz CT molecular complexity index is 803. The fourth-order valence-electron chi connectivity index (χ4n) is 2.70. The van der Waals surface area contributed by atoms with Gasteiger partial charge in [0.25, 0.3) is 0 Å². The average Bonchev–Trinajstić information content (AvgIpc) is 3.14. The second kappa shape index (κ2) is 8.79. The fourth-order valence-corrected chi connectivity index (χ4v) is 8.19. The number of hydrogen-bond acceptors (Lipinski definition) is 3. The first-order valence-electron chi connectivity index (χ1n) is 7.94. The van der Waals surface area contributed by atoms with E-state index < -0.39 is 14.4 Å². The molecule has 0 bridgehead atoms. The zero-order valence-corrected chi connectivity index (χ0v) is 18.0. The van der Waals surface area contributed by atoms with Gasteiger partial charge in [0.15, 0.2) is 0 Å². The Balaban J connectivity index is 0.000000671. The SMILES string of the molecule is CO.CO.[CH3][Ti]([CH3])(=[SiH2])([O]c1ccc2ccccc2c1)[C]1=CC=CC1. The summed E-state index contributed by atoms with van der Waals surface area (Å²) in [6.07, 6.45) is 7.69. The topological polar surface area (TPSA) is 49.7 Å². The molecular weight excluding hydrogens is 352 g/mol. The van der Waals surface area contributed by atoms with Gasteiger partial charge in [-0.15, -0.1) is 0 Å². The molecule has 0 heterocycles. The summed E-state index contributed by atoms with van der Waals surface area (Å²) in [4.78, 5) is 0. The van der Waals surface area contributed by atoms with Crippen LogP contribution in [0, 0.1) is 0 Å². The van der Waals surface area contributed by atoms with E-state index in [0.29, 0.717) is 0 Å². The van der Waals surface area contributed by atoms with Crippen molar-refractivity contribution in [1.82, 2.24) is 0 Å². The molecule has 2 N–H and O–H groups in total. The summed E-state index contributed by atoms with van der Waals surface area (Å²) in [7, 11) is 4.10. The van der Waals surface area contributed by atoms with E-state index >= 15 is 0 Å². The maximum absolute atomic E-state index is 7.00. The zero-order chi connectivity index (χ0) is 18.2. The third kappa shape index (κ3) is 5.16. The molecule has 3 nitrogen and oxygen atoms in total. The molecule has 0 unspecified atom stereocenters. The van der Waals surface area contributed by atoms with Crippen LogP contribution in [-0.4, -0.2) is 32.1 Å². The molecule has 0 atom stereocenters. The molecule has 5 heteroatoms. The summed E-state index contributed by atoms with van der Waals surface area (Å²) in [5, 5.41) is 21.2. The number of hydrogen-bond donors (Lipinski definition) is 2. The molecule has 0 spiro atoms. The van der Waals surface area contributed by atoms with Crippen molar-refractivity contribution in [3.05, 3.63) is 64.6 Å². The normalized spacial score (nSPS) is 13.4. The molecule has 1 aliphatic rings. The molecule has 1 aliphatic carbocycles. The third-order valence-electron chi connectivity index (χ3n) is 3.94. The molecule has 0 fully saturated rings. The molecule has 0 saturated carbocycles. The summed E-state index contributed by atoms with van der Waals surface area (Å²) in [6, 6.07) is 14.9. The van der Waals surface area contributed by atoms with E-state index in [1.54, 1.807) is 0 Å². The number of rotatable bonds is 3. The van der Waals surface area contributed by atoms with E-state index in [1.807, 2.05) is 0 Å². The van der Waals surface area contributed by atoms with Crippen LogP contribution in [0.2, 0.25) is 10.5 Å². The second-order valence-corrected chi connectivity index (χ2v) is 24.2. The van der Waals surface area contributed by atoms with Crippen LogP contribution in [0.15, 0.2) is 64.6 Å². The van der Waals surface area contributed by atoms with Gasteiger partial charge in [-0.1, -0.05) is 0 Å². The first-order valence-corrected chi connectivity index (χ1v) is 16.5. The molecule has 0 aromatic heterocycles. The third-order valence-corrected chi connectivity index (χ3v) is 11.5. The van der Waals surface area contributed by atoms with Gasteiger partial charge in [0.05, 0.1) is 0 Å². The molecular formula is C19H28O3SiTi. The molecule has 2 aromatic carbocycles. The van der Waals surface area contributed by atoms with E-state index in [0.717, 1.165) is 26.4 Å². The van der Waals surface area contributed by atoms with Crippen LogP contribution in [0.3, 0.4) is 0 Å². The minimum atomic E-state index is -2.99. The number of aliphatic hydroxyl groups is 2. The predicted octanol–water partition coefficient (Wildman–Crippen LogP) is 3.53. The Hall–Kier alpha value is -1.17. The van der Waals surface area contributed by atoms with Crippen molar-refractivity contribution in [3.8, 4) is 5.75 Å². The van der Waals surface area contributed by atoms with Crippen molar-refractivity contribution < 1.29 is 28.0 Å².